The Bertz CT molecular complexity index is 141. The monoisotopic (exact) mass is 270 g/mol. The number of nitrogens with one attached hydrogen (secondary N) is 1. The highest BCUT2D eigenvalue weighted by Gasteiger charge is 2.08. The van der Waals surface area contributed by atoms with E-state index >= 15 is 0 Å². The molecule has 0 amide bonds. The van der Waals surface area contributed by atoms with E-state index < -0.39 is 5.97 Å². The largest absolute Gasteiger partial charge is 0.456 e. The van der Waals surface area contributed by atoms with Crippen molar-refractivity contribution >= 4 is 28.8 Å². The van der Waals surface area contributed by atoms with Crippen LogP contribution in [0.1, 0.15) is 0 Å². The number of rotatable bonds is 5. The highest BCUT2D eigenvalue weighted by Crippen LogP contribution is 1.90. The topological polar surface area (TPSA) is 64.3 Å². The predicted octanol–water partition coefficient (Wildman–Crippen LogP) is -0.0175. The van der Waals surface area contributed by atoms with Crippen molar-refractivity contribution in [3.8, 4) is 0 Å². The summed E-state index contributed by atoms with van der Waals surface area (Å²) in [7, 11) is 0. The second-order valence-electron chi connectivity index (χ2n) is 1.84. The van der Waals surface area contributed by atoms with Crippen LogP contribution in [-0.4, -0.2) is 25.2 Å². The maximum Gasteiger partial charge on any atom is 0.330 e. The van der Waals surface area contributed by atoms with E-state index in [1.807, 2.05) is 22.9 Å². The zero-order chi connectivity index (χ0) is 8.69. The maximum absolute atomic E-state index is 10.6. The van der Waals surface area contributed by atoms with Crippen molar-refractivity contribution in [3.63, 3.8) is 0 Å². The molecular formula is C6H11IN2O2. The first-order chi connectivity index (χ1) is 5.24. The minimum Gasteiger partial charge on any atom is -0.456 e. The van der Waals surface area contributed by atoms with Crippen molar-refractivity contribution in [1.82, 2.24) is 3.53 Å². The SMILES string of the molecule is C=CC(=O)OC(CN)CNI. The van der Waals surface area contributed by atoms with Gasteiger partial charge in [-0.15, -0.1) is 0 Å². The first-order valence-corrected chi connectivity index (χ1v) is 4.19. The van der Waals surface area contributed by atoms with Crippen molar-refractivity contribution < 1.29 is 9.53 Å². The van der Waals surface area contributed by atoms with Crippen LogP contribution in [-0.2, 0) is 9.53 Å². The molecule has 0 aliphatic heterocycles. The predicted molar refractivity (Wildman–Crippen MR) is 51.2 cm³/mol. The van der Waals surface area contributed by atoms with E-state index in [0.717, 1.165) is 6.08 Å². The molecule has 11 heavy (non-hydrogen) atoms. The summed E-state index contributed by atoms with van der Waals surface area (Å²) in [6.07, 6.45) is 0.855. The quantitative estimate of drug-likeness (QED) is 0.319. The highest BCUT2D eigenvalue weighted by atomic mass is 127. The third-order valence-electron chi connectivity index (χ3n) is 1.02. The zero-order valence-electron chi connectivity index (χ0n) is 6.05. The van der Waals surface area contributed by atoms with E-state index in [4.69, 9.17) is 10.5 Å². The lowest BCUT2D eigenvalue weighted by Gasteiger charge is -2.12. The Morgan fingerprint density at radius 3 is 2.91 bits per heavy atom. The molecule has 0 radical (unpaired) electrons. The van der Waals surface area contributed by atoms with Crippen LogP contribution in [0.3, 0.4) is 0 Å². The number of carbonyl (C=O) groups excluding carboxylic acids is 1. The Morgan fingerprint density at radius 2 is 2.55 bits per heavy atom. The van der Waals surface area contributed by atoms with Gasteiger partial charge in [-0.05, 0) is 0 Å². The van der Waals surface area contributed by atoms with Crippen LogP contribution < -0.4 is 9.26 Å². The van der Waals surface area contributed by atoms with E-state index in [-0.39, 0.29) is 6.10 Å². The normalized spacial score (nSPS) is 12.2. The van der Waals surface area contributed by atoms with Gasteiger partial charge in [-0.25, -0.2) is 4.79 Å². The summed E-state index contributed by atoms with van der Waals surface area (Å²) in [5.41, 5.74) is 5.31. The molecule has 0 aromatic carbocycles. The van der Waals surface area contributed by atoms with Crippen LogP contribution in [0.4, 0.5) is 0 Å². The van der Waals surface area contributed by atoms with Gasteiger partial charge in [0.15, 0.2) is 0 Å². The minimum atomic E-state index is -0.438. The van der Waals surface area contributed by atoms with Crippen molar-refractivity contribution in [2.75, 3.05) is 13.1 Å². The third-order valence-corrected chi connectivity index (χ3v) is 1.46. The van der Waals surface area contributed by atoms with Crippen LogP contribution in [0.2, 0.25) is 0 Å². The van der Waals surface area contributed by atoms with Crippen LogP contribution in [0.25, 0.3) is 0 Å². The fourth-order valence-electron chi connectivity index (χ4n) is 0.472. The van der Waals surface area contributed by atoms with Gasteiger partial charge in [0.1, 0.15) is 6.10 Å². The number of nitrogens with two attached hydrogens (primary N) is 1. The molecule has 0 spiro atoms. The summed E-state index contributed by atoms with van der Waals surface area (Å²) in [4.78, 5) is 10.6. The molecule has 0 fully saturated rings. The van der Waals surface area contributed by atoms with E-state index in [9.17, 15) is 4.79 Å². The Hall–Kier alpha value is -0.140. The van der Waals surface area contributed by atoms with E-state index in [2.05, 4.69) is 10.1 Å². The molecule has 0 aromatic rings. The molecule has 1 unspecified atom stereocenters. The molecule has 0 aliphatic rings. The number of hydrogen-bond acceptors (Lipinski definition) is 4. The van der Waals surface area contributed by atoms with E-state index in [1.165, 1.54) is 0 Å². The van der Waals surface area contributed by atoms with E-state index in [0.29, 0.717) is 13.1 Å². The first kappa shape index (κ1) is 10.9. The number of esters is 1. The Labute approximate surface area is 79.7 Å². The van der Waals surface area contributed by atoms with Crippen molar-refractivity contribution in [2.24, 2.45) is 5.73 Å². The van der Waals surface area contributed by atoms with Gasteiger partial charge >= 0.3 is 5.97 Å². The van der Waals surface area contributed by atoms with Crippen molar-refractivity contribution in [3.05, 3.63) is 12.7 Å². The van der Waals surface area contributed by atoms with Crippen LogP contribution in [0.15, 0.2) is 12.7 Å². The van der Waals surface area contributed by atoms with Gasteiger partial charge in [-0.2, -0.15) is 0 Å². The van der Waals surface area contributed by atoms with Gasteiger partial charge in [0, 0.05) is 42.0 Å². The summed E-state index contributed by atoms with van der Waals surface area (Å²) in [5.74, 6) is -0.438. The second kappa shape index (κ2) is 6.56. The number of halogens is 1. The summed E-state index contributed by atoms with van der Waals surface area (Å²) in [6, 6.07) is 0. The maximum atomic E-state index is 10.6. The minimum absolute atomic E-state index is 0.266. The average Bonchev–Trinajstić information content (AvgIpc) is 2.03. The lowest BCUT2D eigenvalue weighted by Crippen LogP contribution is -2.33. The Morgan fingerprint density at radius 1 is 1.91 bits per heavy atom. The average molecular weight is 270 g/mol. The molecule has 1 atom stereocenters. The lowest BCUT2D eigenvalue weighted by molar-refractivity contribution is -0.142. The van der Waals surface area contributed by atoms with Gasteiger partial charge in [0.2, 0.25) is 0 Å². The molecule has 0 heterocycles. The molecule has 0 saturated carbocycles. The van der Waals surface area contributed by atoms with Crippen LogP contribution >= 0.6 is 22.9 Å². The number of ether oxygens (including phenoxy) is 1. The summed E-state index contributed by atoms with van der Waals surface area (Å²) >= 11 is 1.96. The second-order valence-corrected chi connectivity index (χ2v) is 2.60. The molecule has 0 saturated heterocycles. The lowest BCUT2D eigenvalue weighted by atomic mass is 10.3. The molecule has 64 valence electrons. The van der Waals surface area contributed by atoms with Crippen LogP contribution in [0, 0.1) is 0 Å². The Balaban J connectivity index is 3.67. The standard InChI is InChI=1S/C6H11IN2O2/c1-2-6(10)11-5(3-8)4-9-7/h2,5,9H,1,3-4,8H2. The number of hydrogen-bond donors (Lipinski definition) is 2. The van der Waals surface area contributed by atoms with Crippen molar-refractivity contribution in [2.45, 2.75) is 6.10 Å². The molecule has 4 nitrogen and oxygen atoms in total. The zero-order valence-corrected chi connectivity index (χ0v) is 8.21. The molecule has 0 bridgehead atoms. The smallest absolute Gasteiger partial charge is 0.330 e. The fourth-order valence-corrected chi connectivity index (χ4v) is 0.963. The first-order valence-electron chi connectivity index (χ1n) is 3.11. The Kier molecular flexibility index (Phi) is 6.48. The number of carbonyl (C=O) groups is 1. The highest BCUT2D eigenvalue weighted by molar-refractivity contribution is 14.1. The van der Waals surface area contributed by atoms with Crippen molar-refractivity contribution in [1.29, 1.82) is 0 Å². The van der Waals surface area contributed by atoms with Crippen LogP contribution in [0.5, 0.6) is 0 Å². The van der Waals surface area contributed by atoms with Gasteiger partial charge in [-0.1, -0.05) is 6.58 Å². The summed E-state index contributed by atoms with van der Waals surface area (Å²) < 4.78 is 7.67. The van der Waals surface area contributed by atoms with Gasteiger partial charge in [0.05, 0.1) is 0 Å². The van der Waals surface area contributed by atoms with E-state index in [1.54, 1.807) is 0 Å². The molecule has 0 aliphatic carbocycles. The van der Waals surface area contributed by atoms with Gasteiger partial charge < -0.3 is 10.5 Å². The molecule has 0 rings (SSSR count). The molecule has 0 aromatic heterocycles. The fraction of sp³-hybridized carbons (Fsp3) is 0.500. The summed E-state index contributed by atoms with van der Waals surface area (Å²) in [6.45, 7) is 4.14. The summed E-state index contributed by atoms with van der Waals surface area (Å²) in [5, 5.41) is 0. The third kappa shape index (κ3) is 5.16. The van der Waals surface area contributed by atoms with Gasteiger partial charge in [0.25, 0.3) is 0 Å². The van der Waals surface area contributed by atoms with Gasteiger partial charge in [-0.3, -0.25) is 3.53 Å². The molecule has 5 heteroatoms. The molecular weight excluding hydrogens is 259 g/mol. The molecule has 3 N–H and O–H groups in total.